The molecule has 1 aromatic rings. The summed E-state index contributed by atoms with van der Waals surface area (Å²) in [5, 5.41) is 3.95. The van der Waals surface area contributed by atoms with Crippen molar-refractivity contribution >= 4 is 47.4 Å². The molecule has 2 heterocycles. The number of rotatable bonds is 4. The fourth-order valence-electron chi connectivity index (χ4n) is 4.22. The zero-order valence-corrected chi connectivity index (χ0v) is 20.8. The third-order valence-electron chi connectivity index (χ3n) is 6.08. The van der Waals surface area contributed by atoms with Gasteiger partial charge in [0.25, 0.3) is 0 Å². The van der Waals surface area contributed by atoms with Crippen LogP contribution in [0.3, 0.4) is 0 Å². The number of benzene rings is 1. The molecule has 3 aliphatic rings. The topological polar surface area (TPSA) is 60.4 Å². The lowest BCUT2D eigenvalue weighted by Crippen LogP contribution is -2.55. The van der Waals surface area contributed by atoms with Crippen molar-refractivity contribution in [1.82, 2.24) is 20.0 Å². The highest BCUT2D eigenvalue weighted by atomic mass is 127. The summed E-state index contributed by atoms with van der Waals surface area (Å²) in [5.74, 6) is 0.833. The van der Waals surface area contributed by atoms with E-state index in [1.54, 1.807) is 19.2 Å². The highest BCUT2D eigenvalue weighted by molar-refractivity contribution is 14.0. The van der Waals surface area contributed by atoms with Crippen molar-refractivity contribution in [3.05, 3.63) is 34.6 Å². The van der Waals surface area contributed by atoms with E-state index < -0.39 is 0 Å². The Hall–Kier alpha value is -1.17. The highest BCUT2D eigenvalue weighted by Gasteiger charge is 2.42. The van der Waals surface area contributed by atoms with E-state index in [0.717, 1.165) is 38.6 Å². The van der Waals surface area contributed by atoms with Crippen molar-refractivity contribution in [2.75, 3.05) is 66.1 Å². The smallest absolute Gasteiger partial charge is 0.236 e. The van der Waals surface area contributed by atoms with Crippen LogP contribution < -0.4 is 5.32 Å². The molecule has 31 heavy (non-hydrogen) atoms. The summed E-state index contributed by atoms with van der Waals surface area (Å²) < 4.78 is 19.5. The summed E-state index contributed by atoms with van der Waals surface area (Å²) in [4.78, 5) is 23.2. The lowest BCUT2D eigenvalue weighted by atomic mass is 10.1. The molecule has 3 fully saturated rings. The Bertz CT molecular complexity index is 780. The molecule has 10 heteroatoms. The van der Waals surface area contributed by atoms with Crippen LogP contribution in [0.5, 0.6) is 0 Å². The van der Waals surface area contributed by atoms with Gasteiger partial charge < -0.3 is 19.9 Å². The van der Waals surface area contributed by atoms with Crippen molar-refractivity contribution in [3.63, 3.8) is 0 Å². The number of morpholine rings is 1. The fraction of sp³-hybridized carbons (Fsp3) is 0.619. The molecule has 1 aliphatic carbocycles. The molecule has 172 valence electrons. The molecule has 1 saturated carbocycles. The number of hydrogen-bond acceptors (Lipinski definition) is 4. The van der Waals surface area contributed by atoms with Gasteiger partial charge in [0.05, 0.1) is 19.8 Å². The third-order valence-corrected chi connectivity index (χ3v) is 6.41. The molecule has 2 aliphatic heterocycles. The zero-order chi connectivity index (χ0) is 21.1. The minimum Gasteiger partial charge on any atom is -0.378 e. The molecule has 4 rings (SSSR count). The fourth-order valence-corrected chi connectivity index (χ4v) is 4.53. The minimum absolute atomic E-state index is 0. The summed E-state index contributed by atoms with van der Waals surface area (Å²) in [7, 11) is 1.77. The quantitative estimate of drug-likeness (QED) is 0.344. The van der Waals surface area contributed by atoms with Crippen molar-refractivity contribution in [3.8, 4) is 0 Å². The lowest BCUT2D eigenvalue weighted by Gasteiger charge is -2.37. The number of hydrogen-bond donors (Lipinski definition) is 1. The van der Waals surface area contributed by atoms with Crippen LogP contribution >= 0.6 is 35.6 Å². The molecule has 1 aromatic carbocycles. The van der Waals surface area contributed by atoms with E-state index >= 15 is 0 Å². The summed E-state index contributed by atoms with van der Waals surface area (Å²) in [6.45, 7) is 6.30. The first-order valence-corrected chi connectivity index (χ1v) is 10.9. The Morgan fingerprint density at radius 2 is 1.90 bits per heavy atom. The molecule has 1 amide bonds. The van der Waals surface area contributed by atoms with E-state index in [4.69, 9.17) is 16.3 Å². The molecule has 0 bridgehead atoms. The van der Waals surface area contributed by atoms with E-state index in [2.05, 4.69) is 20.1 Å². The van der Waals surface area contributed by atoms with Gasteiger partial charge >= 0.3 is 0 Å². The number of amides is 1. The number of carbonyl (C=O) groups is 1. The van der Waals surface area contributed by atoms with Crippen LogP contribution in [-0.2, 0) is 9.53 Å². The van der Waals surface area contributed by atoms with Gasteiger partial charge in [0, 0.05) is 68.9 Å². The Kier molecular flexibility index (Phi) is 8.77. The van der Waals surface area contributed by atoms with Crippen LogP contribution in [0, 0.1) is 5.82 Å². The maximum atomic E-state index is 14.2. The maximum absolute atomic E-state index is 14.2. The van der Waals surface area contributed by atoms with E-state index in [1.807, 2.05) is 4.90 Å². The number of guanidine groups is 1. The summed E-state index contributed by atoms with van der Waals surface area (Å²) >= 11 is 6.21. The number of nitrogens with zero attached hydrogens (tertiary/aromatic N) is 4. The van der Waals surface area contributed by atoms with Crippen LogP contribution in [0.1, 0.15) is 17.9 Å². The molecular weight excluding hydrogens is 536 g/mol. The highest BCUT2D eigenvalue weighted by Crippen LogP contribution is 2.45. The van der Waals surface area contributed by atoms with E-state index in [0.29, 0.717) is 43.4 Å². The van der Waals surface area contributed by atoms with Crippen molar-refractivity contribution in [1.29, 1.82) is 0 Å². The summed E-state index contributed by atoms with van der Waals surface area (Å²) in [6, 6.07) is 4.97. The number of halogens is 3. The maximum Gasteiger partial charge on any atom is 0.236 e. The number of aliphatic imine (C=N–C) groups is 1. The molecule has 2 atom stereocenters. The monoisotopic (exact) mass is 565 g/mol. The average Bonchev–Trinajstić information content (AvgIpc) is 3.52. The number of ether oxygens (including phenoxy) is 1. The molecule has 1 N–H and O–H groups in total. The molecular formula is C21H30ClFIN5O2. The van der Waals surface area contributed by atoms with Gasteiger partial charge in [-0.2, -0.15) is 0 Å². The van der Waals surface area contributed by atoms with Crippen LogP contribution in [0.2, 0.25) is 5.02 Å². The largest absolute Gasteiger partial charge is 0.378 e. The van der Waals surface area contributed by atoms with Gasteiger partial charge in [-0.05, 0) is 18.6 Å². The second-order valence-electron chi connectivity index (χ2n) is 8.03. The predicted molar refractivity (Wildman–Crippen MR) is 130 cm³/mol. The molecule has 0 radical (unpaired) electrons. The summed E-state index contributed by atoms with van der Waals surface area (Å²) in [5.41, 5.74) is 0.596. The van der Waals surface area contributed by atoms with Crippen LogP contribution in [0.15, 0.2) is 23.2 Å². The molecule has 2 unspecified atom stereocenters. The van der Waals surface area contributed by atoms with Crippen molar-refractivity contribution in [2.24, 2.45) is 4.99 Å². The minimum atomic E-state index is -0.245. The number of piperazine rings is 1. The van der Waals surface area contributed by atoms with E-state index in [9.17, 15) is 9.18 Å². The van der Waals surface area contributed by atoms with Crippen LogP contribution in [0.25, 0.3) is 0 Å². The first kappa shape index (κ1) is 24.5. The van der Waals surface area contributed by atoms with Crippen LogP contribution in [-0.4, -0.2) is 98.7 Å². The second-order valence-corrected chi connectivity index (χ2v) is 8.44. The normalized spacial score (nSPS) is 24.5. The Morgan fingerprint density at radius 3 is 2.55 bits per heavy atom. The van der Waals surface area contributed by atoms with E-state index in [-0.39, 0.29) is 47.7 Å². The van der Waals surface area contributed by atoms with Gasteiger partial charge in [0.1, 0.15) is 5.82 Å². The second kappa shape index (κ2) is 11.1. The van der Waals surface area contributed by atoms with Gasteiger partial charge in [-0.15, -0.1) is 24.0 Å². The van der Waals surface area contributed by atoms with Gasteiger partial charge in [-0.25, -0.2) is 4.39 Å². The van der Waals surface area contributed by atoms with Gasteiger partial charge in [0.2, 0.25) is 5.91 Å². The predicted octanol–water partition coefficient (Wildman–Crippen LogP) is 2.00. The Morgan fingerprint density at radius 1 is 1.19 bits per heavy atom. The first-order valence-electron chi connectivity index (χ1n) is 10.6. The van der Waals surface area contributed by atoms with Crippen molar-refractivity contribution < 1.29 is 13.9 Å². The molecule has 2 saturated heterocycles. The van der Waals surface area contributed by atoms with Gasteiger partial charge in [0.15, 0.2) is 5.96 Å². The molecule has 0 spiro atoms. The third kappa shape index (κ3) is 6.00. The van der Waals surface area contributed by atoms with E-state index in [1.165, 1.54) is 6.07 Å². The molecule has 0 aromatic heterocycles. The average molecular weight is 566 g/mol. The van der Waals surface area contributed by atoms with Crippen LogP contribution in [0.4, 0.5) is 4.39 Å². The lowest BCUT2D eigenvalue weighted by molar-refractivity contribution is -0.136. The molecule has 7 nitrogen and oxygen atoms in total. The zero-order valence-electron chi connectivity index (χ0n) is 17.7. The number of carbonyl (C=O) groups excluding carboxylic acids is 1. The van der Waals surface area contributed by atoms with Gasteiger partial charge in [-0.1, -0.05) is 17.7 Å². The number of nitrogens with one attached hydrogen (secondary N) is 1. The Balaban J connectivity index is 0.00000272. The first-order chi connectivity index (χ1) is 14.6. The van der Waals surface area contributed by atoms with Crippen molar-refractivity contribution in [2.45, 2.75) is 18.4 Å². The van der Waals surface area contributed by atoms with Gasteiger partial charge in [-0.3, -0.25) is 14.7 Å². The summed E-state index contributed by atoms with van der Waals surface area (Å²) in [6.07, 6.45) is 0.841. The SMILES string of the molecule is CN=C(NC1CC1c1c(F)cccc1Cl)N1CCN(CC(=O)N2CCOCC2)CC1.I. The standard InChI is InChI=1S/C21H29ClFN5O2.HI/c1-24-21(25-18-13-15(18)20-16(22)3-2-4-17(20)23)28-7-5-26(6-8-28)14-19(29)27-9-11-30-12-10-27;/h2-4,15,18H,5-14H2,1H3,(H,24,25);1H. The Labute approximate surface area is 205 Å².